The number of nitrogens with two attached hydrogens (primary N) is 1. The van der Waals surface area contributed by atoms with E-state index in [1.54, 1.807) is 17.5 Å². The van der Waals surface area contributed by atoms with Crippen molar-refractivity contribution >= 4 is 27.3 Å². The molecular weight excluding hydrogens is 288 g/mol. The Kier molecular flexibility index (Phi) is 3.65. The molecule has 2 aromatic rings. The molecule has 3 N–H and O–H groups in total. The molecular formula is C11H10N2O4S2. The van der Waals surface area contributed by atoms with Gasteiger partial charge in [0.15, 0.2) is 0 Å². The van der Waals surface area contributed by atoms with E-state index in [0.717, 1.165) is 5.56 Å². The van der Waals surface area contributed by atoms with Crippen LogP contribution in [0.15, 0.2) is 29.6 Å². The van der Waals surface area contributed by atoms with Gasteiger partial charge >= 0.3 is 5.97 Å². The van der Waals surface area contributed by atoms with Crippen molar-refractivity contribution in [3.8, 4) is 11.3 Å². The van der Waals surface area contributed by atoms with Gasteiger partial charge < -0.3 is 5.11 Å². The number of carbonyl (C=O) groups is 1. The average Bonchev–Trinajstić information content (AvgIpc) is 2.75. The lowest BCUT2D eigenvalue weighted by atomic mass is 10.1. The SMILES string of the molecule is NS(=O)(=O)Cc1nc(-c2ccc(C(=O)O)cc2)cs1. The topological polar surface area (TPSA) is 110 Å². The zero-order chi connectivity index (χ0) is 14.0. The van der Waals surface area contributed by atoms with Gasteiger partial charge in [-0.2, -0.15) is 0 Å². The van der Waals surface area contributed by atoms with Gasteiger partial charge in [-0.15, -0.1) is 11.3 Å². The number of hydrogen-bond donors (Lipinski definition) is 2. The highest BCUT2D eigenvalue weighted by Gasteiger charge is 2.11. The van der Waals surface area contributed by atoms with Crippen LogP contribution >= 0.6 is 11.3 Å². The molecule has 19 heavy (non-hydrogen) atoms. The van der Waals surface area contributed by atoms with E-state index in [4.69, 9.17) is 10.2 Å². The number of thiazole rings is 1. The van der Waals surface area contributed by atoms with E-state index in [0.29, 0.717) is 10.7 Å². The van der Waals surface area contributed by atoms with E-state index in [1.165, 1.54) is 23.5 Å². The molecule has 0 fully saturated rings. The lowest BCUT2D eigenvalue weighted by Gasteiger charge is -1.98. The summed E-state index contributed by atoms with van der Waals surface area (Å²) in [6, 6.07) is 6.19. The smallest absolute Gasteiger partial charge is 0.335 e. The van der Waals surface area contributed by atoms with Crippen LogP contribution in [0.3, 0.4) is 0 Å². The number of hydrogen-bond acceptors (Lipinski definition) is 5. The predicted molar refractivity (Wildman–Crippen MR) is 71.3 cm³/mol. The standard InChI is InChI=1S/C11H10N2O4S2/c12-19(16,17)6-10-13-9(5-18-10)7-1-3-8(4-2-7)11(14)15/h1-5H,6H2,(H,14,15)(H2,12,16,17). The quantitative estimate of drug-likeness (QED) is 0.883. The first-order valence-corrected chi connectivity index (χ1v) is 7.73. The maximum atomic E-state index is 10.9. The average molecular weight is 298 g/mol. The molecule has 8 heteroatoms. The van der Waals surface area contributed by atoms with Gasteiger partial charge in [0.1, 0.15) is 10.8 Å². The molecule has 0 amide bonds. The summed E-state index contributed by atoms with van der Waals surface area (Å²) in [5.74, 6) is -1.30. The largest absolute Gasteiger partial charge is 0.478 e. The van der Waals surface area contributed by atoms with Crippen LogP contribution in [0.5, 0.6) is 0 Å². The maximum absolute atomic E-state index is 10.9. The van der Waals surface area contributed by atoms with Crippen molar-refractivity contribution in [2.45, 2.75) is 5.75 Å². The Bertz CT molecular complexity index is 705. The van der Waals surface area contributed by atoms with Crippen molar-refractivity contribution in [3.63, 3.8) is 0 Å². The number of carboxylic acid groups (broad SMARTS) is 1. The maximum Gasteiger partial charge on any atom is 0.335 e. The Hall–Kier alpha value is -1.77. The third-order valence-electron chi connectivity index (χ3n) is 2.30. The summed E-state index contributed by atoms with van der Waals surface area (Å²) >= 11 is 1.20. The zero-order valence-corrected chi connectivity index (χ0v) is 11.2. The van der Waals surface area contributed by atoms with Gasteiger partial charge in [0.2, 0.25) is 10.0 Å². The van der Waals surface area contributed by atoms with Crippen molar-refractivity contribution in [3.05, 3.63) is 40.2 Å². The molecule has 1 aromatic carbocycles. The third-order valence-corrected chi connectivity index (χ3v) is 4.01. The Morgan fingerprint density at radius 1 is 1.32 bits per heavy atom. The number of benzene rings is 1. The van der Waals surface area contributed by atoms with Crippen LogP contribution in [-0.2, 0) is 15.8 Å². The molecule has 0 radical (unpaired) electrons. The van der Waals surface area contributed by atoms with Gasteiger partial charge in [-0.3, -0.25) is 0 Å². The Labute approximate surface area is 113 Å². The van der Waals surface area contributed by atoms with Crippen molar-refractivity contribution < 1.29 is 18.3 Å². The monoisotopic (exact) mass is 298 g/mol. The van der Waals surface area contributed by atoms with Crippen LogP contribution in [0.4, 0.5) is 0 Å². The lowest BCUT2D eigenvalue weighted by Crippen LogP contribution is -2.14. The van der Waals surface area contributed by atoms with Gasteiger partial charge in [-0.25, -0.2) is 23.3 Å². The van der Waals surface area contributed by atoms with Gasteiger partial charge in [0, 0.05) is 10.9 Å². The summed E-state index contributed by atoms with van der Waals surface area (Å²) in [4.78, 5) is 14.9. The minimum atomic E-state index is -3.59. The first kappa shape index (κ1) is 13.7. The summed E-state index contributed by atoms with van der Waals surface area (Å²) in [5, 5.41) is 15.8. The number of rotatable bonds is 4. The van der Waals surface area contributed by atoms with Crippen LogP contribution in [0.25, 0.3) is 11.3 Å². The van der Waals surface area contributed by atoms with E-state index >= 15 is 0 Å². The molecule has 0 saturated carbocycles. The van der Waals surface area contributed by atoms with Gasteiger partial charge in [-0.1, -0.05) is 12.1 Å². The molecule has 0 saturated heterocycles. The van der Waals surface area contributed by atoms with E-state index in [9.17, 15) is 13.2 Å². The van der Waals surface area contributed by atoms with E-state index in [1.807, 2.05) is 0 Å². The zero-order valence-electron chi connectivity index (χ0n) is 9.61. The molecule has 0 aliphatic carbocycles. The molecule has 0 spiro atoms. The molecule has 6 nitrogen and oxygen atoms in total. The highest BCUT2D eigenvalue weighted by molar-refractivity contribution is 7.88. The predicted octanol–water partition coefficient (Wildman–Crippen LogP) is 1.30. The van der Waals surface area contributed by atoms with Gasteiger partial charge in [0.25, 0.3) is 0 Å². The normalized spacial score (nSPS) is 11.4. The molecule has 0 aliphatic rings. The molecule has 1 heterocycles. The van der Waals surface area contributed by atoms with Crippen molar-refractivity contribution in [2.24, 2.45) is 5.14 Å². The van der Waals surface area contributed by atoms with Crippen molar-refractivity contribution in [2.75, 3.05) is 0 Å². The second kappa shape index (κ2) is 5.08. The highest BCUT2D eigenvalue weighted by Crippen LogP contribution is 2.23. The van der Waals surface area contributed by atoms with E-state index in [-0.39, 0.29) is 11.3 Å². The summed E-state index contributed by atoms with van der Waals surface area (Å²) in [6.45, 7) is 0. The number of nitrogens with zero attached hydrogens (tertiary/aromatic N) is 1. The summed E-state index contributed by atoms with van der Waals surface area (Å²) < 4.78 is 21.9. The second-order valence-electron chi connectivity index (χ2n) is 3.82. The first-order valence-electron chi connectivity index (χ1n) is 5.14. The number of primary sulfonamides is 1. The Morgan fingerprint density at radius 2 is 1.95 bits per heavy atom. The number of sulfonamides is 1. The van der Waals surface area contributed by atoms with E-state index < -0.39 is 16.0 Å². The van der Waals surface area contributed by atoms with Crippen LogP contribution in [0, 0.1) is 0 Å². The van der Waals surface area contributed by atoms with Crippen LogP contribution in [0.1, 0.15) is 15.4 Å². The van der Waals surface area contributed by atoms with Crippen molar-refractivity contribution in [1.82, 2.24) is 4.98 Å². The molecule has 0 aliphatic heterocycles. The summed E-state index contributed by atoms with van der Waals surface area (Å²) in [6.07, 6.45) is 0. The third kappa shape index (κ3) is 3.60. The second-order valence-corrected chi connectivity index (χ2v) is 6.37. The molecule has 100 valence electrons. The lowest BCUT2D eigenvalue weighted by molar-refractivity contribution is 0.0697. The fourth-order valence-electron chi connectivity index (χ4n) is 1.47. The van der Waals surface area contributed by atoms with Crippen molar-refractivity contribution in [1.29, 1.82) is 0 Å². The molecule has 1 aromatic heterocycles. The first-order chi connectivity index (χ1) is 8.85. The number of aromatic carboxylic acids is 1. The fourth-order valence-corrected chi connectivity index (χ4v) is 3.23. The molecule has 0 bridgehead atoms. The van der Waals surface area contributed by atoms with E-state index in [2.05, 4.69) is 4.98 Å². The minimum absolute atomic E-state index is 0.184. The minimum Gasteiger partial charge on any atom is -0.478 e. The fraction of sp³-hybridized carbons (Fsp3) is 0.0909. The van der Waals surface area contributed by atoms with Gasteiger partial charge in [0.05, 0.1) is 11.3 Å². The molecule has 0 atom stereocenters. The molecule has 2 rings (SSSR count). The Balaban J connectivity index is 2.25. The molecule has 0 unspecified atom stereocenters. The Morgan fingerprint density at radius 3 is 2.47 bits per heavy atom. The highest BCUT2D eigenvalue weighted by atomic mass is 32.2. The summed E-state index contributed by atoms with van der Waals surface area (Å²) in [7, 11) is -3.59. The van der Waals surface area contributed by atoms with Crippen LogP contribution in [-0.4, -0.2) is 24.5 Å². The summed E-state index contributed by atoms with van der Waals surface area (Å²) in [5.41, 5.74) is 1.51. The number of carboxylic acids is 1. The van der Waals surface area contributed by atoms with Gasteiger partial charge in [-0.05, 0) is 12.1 Å². The van der Waals surface area contributed by atoms with Crippen LogP contribution < -0.4 is 5.14 Å². The number of aromatic nitrogens is 1. The van der Waals surface area contributed by atoms with Crippen LogP contribution in [0.2, 0.25) is 0 Å².